The van der Waals surface area contributed by atoms with Gasteiger partial charge in [-0.1, -0.05) is 11.2 Å². The Labute approximate surface area is 393 Å². The third kappa shape index (κ3) is 13.6. The second-order valence-electron chi connectivity index (χ2n) is 19.7. The first-order valence-corrected chi connectivity index (χ1v) is 23.6. The fourth-order valence-corrected chi connectivity index (χ4v) is 7.97. The van der Waals surface area contributed by atoms with Crippen LogP contribution in [0.2, 0.25) is 0 Å². The minimum Gasteiger partial charge on any atom is -0.485 e. The zero-order chi connectivity index (χ0) is 50.1. The van der Waals surface area contributed by atoms with Crippen molar-refractivity contribution >= 4 is 62.5 Å². The van der Waals surface area contributed by atoms with Crippen molar-refractivity contribution in [1.29, 1.82) is 0 Å². The van der Waals surface area contributed by atoms with Crippen LogP contribution in [0.4, 0.5) is 14.7 Å². The van der Waals surface area contributed by atoms with E-state index < -0.39 is 86.2 Å². The van der Waals surface area contributed by atoms with Gasteiger partial charge < -0.3 is 34.4 Å². The van der Waals surface area contributed by atoms with Crippen molar-refractivity contribution in [2.24, 2.45) is 12.2 Å². The number of nitrogens with zero attached hydrogens (tertiary/aromatic N) is 5. The second-order valence-corrected chi connectivity index (χ2v) is 21.6. The number of alkyl carbamates (subject to hydrolysis) is 1. The maximum absolute atomic E-state index is 14.2. The van der Waals surface area contributed by atoms with E-state index in [1.165, 1.54) is 26.2 Å². The van der Waals surface area contributed by atoms with Crippen LogP contribution in [0, 0.1) is 0 Å². The Balaban J connectivity index is 1.41. The number of hydroxylamine groups is 2. The maximum Gasteiger partial charge on any atom is 0.418 e. The average molecular weight is 978 g/mol. The highest BCUT2D eigenvalue weighted by Crippen LogP contribution is 2.38. The Morgan fingerprint density at radius 3 is 2.24 bits per heavy atom. The number of aromatic nitrogens is 3. The lowest BCUT2D eigenvalue weighted by molar-refractivity contribution is -0.753. The Kier molecular flexibility index (Phi) is 15.1. The molecule has 1 saturated heterocycles. The van der Waals surface area contributed by atoms with Gasteiger partial charge in [0.25, 0.3) is 17.4 Å². The SMILES string of the molecule is C[n+]1cc(-c2ccc3c(c2)CC[C@H]([C@](C)(O/N=C(\C(=O)N[C@@H]2C(=O)N(OS(=O)(=O)O)C2(C)C)c2csc(NC(=O)OC(C)(C)C)n2)C(=O)OC(C)(C)C)O3)cn1CCCNC(=O)OC(C)(C)C. The molecule has 24 heteroatoms. The Morgan fingerprint density at radius 2 is 1.63 bits per heavy atom. The van der Waals surface area contributed by atoms with Crippen LogP contribution < -0.4 is 25.4 Å². The minimum absolute atomic E-state index is 0.00284. The molecule has 0 radical (unpaired) electrons. The summed E-state index contributed by atoms with van der Waals surface area (Å²) in [5.41, 5.74) is -3.95. The molecule has 4 amide bonds. The van der Waals surface area contributed by atoms with E-state index in [1.807, 2.05) is 40.9 Å². The van der Waals surface area contributed by atoms with Crippen molar-refractivity contribution in [3.63, 3.8) is 0 Å². The minimum atomic E-state index is -5.09. The summed E-state index contributed by atoms with van der Waals surface area (Å²) >= 11 is 0.905. The number of carbonyl (C=O) groups is 5. The van der Waals surface area contributed by atoms with Crippen molar-refractivity contribution in [2.45, 2.75) is 149 Å². The van der Waals surface area contributed by atoms with Crippen molar-refractivity contribution in [3.8, 4) is 16.9 Å². The number of β-lactam (4-membered cyclic amide) rings is 1. The van der Waals surface area contributed by atoms with Crippen LogP contribution in [0.25, 0.3) is 11.1 Å². The van der Waals surface area contributed by atoms with Gasteiger partial charge in [-0.25, -0.2) is 19.4 Å². The fraction of sp³-hybridized carbons (Fsp3) is 0.581. The number of aryl methyl sites for hydroxylation is 3. The number of carbonyl (C=O) groups excluding carboxylic acids is 5. The monoisotopic (exact) mass is 977 g/mol. The van der Waals surface area contributed by atoms with Crippen LogP contribution in [-0.2, 0) is 68.1 Å². The summed E-state index contributed by atoms with van der Waals surface area (Å²) in [6.07, 6.45) is 2.99. The number of ether oxygens (including phenoxy) is 4. The standard InChI is InChI=1S/C43H60N8O14S2/c1-39(2,3)61-35(54)43(12,30-18-16-26-21-25(15-17-29(26)60-30)27-22-49(13)50(23-27)20-14-19-44-37(55)62-40(4,5)6)64-48-31(28-24-66-36(45-28)47-38(56)63-41(7,8)9)33(52)46-32-34(53)51(42(32,10)11)65-67(57,58)59/h15,17,21-24,30,32H,14,16,18-20H2,1-13H3,(H3-,44,45,46,47,52,55,56,57,58,59)/p+1/b48-31-/t30-,32-,43+/m1/s1. The molecule has 2 aromatic heterocycles. The van der Waals surface area contributed by atoms with Gasteiger partial charge in [-0.2, -0.15) is 18.2 Å². The number of fused-ring (bicyclic) bond motifs is 1. The van der Waals surface area contributed by atoms with Crippen LogP contribution in [0.5, 0.6) is 5.75 Å². The summed E-state index contributed by atoms with van der Waals surface area (Å²) in [6.45, 7) is 20.7. The fourth-order valence-electron chi connectivity index (χ4n) is 6.84. The molecule has 67 heavy (non-hydrogen) atoms. The number of hydrogen-bond acceptors (Lipinski definition) is 16. The van der Waals surface area contributed by atoms with E-state index >= 15 is 0 Å². The van der Waals surface area contributed by atoms with E-state index in [0.29, 0.717) is 36.7 Å². The van der Waals surface area contributed by atoms with E-state index in [9.17, 15) is 36.9 Å². The van der Waals surface area contributed by atoms with E-state index in [0.717, 1.165) is 28.0 Å². The zero-order valence-electron chi connectivity index (χ0n) is 40.0. The molecule has 22 nitrogen and oxygen atoms in total. The zero-order valence-corrected chi connectivity index (χ0v) is 41.6. The van der Waals surface area contributed by atoms with Crippen LogP contribution >= 0.6 is 11.3 Å². The van der Waals surface area contributed by atoms with E-state index in [2.05, 4.69) is 30.4 Å². The summed E-state index contributed by atoms with van der Waals surface area (Å²) in [5, 5.41) is 13.7. The van der Waals surface area contributed by atoms with Gasteiger partial charge in [0.1, 0.15) is 34.3 Å². The lowest BCUT2D eigenvalue weighted by Crippen LogP contribution is -2.76. The number of rotatable bonds is 15. The van der Waals surface area contributed by atoms with Crippen molar-refractivity contribution in [1.82, 2.24) is 25.4 Å². The summed E-state index contributed by atoms with van der Waals surface area (Å²) in [7, 11) is -3.17. The van der Waals surface area contributed by atoms with Gasteiger partial charge in [-0.3, -0.25) is 19.5 Å². The van der Waals surface area contributed by atoms with Crippen LogP contribution in [0.1, 0.15) is 107 Å². The maximum atomic E-state index is 14.2. The van der Waals surface area contributed by atoms with Crippen molar-refractivity contribution in [3.05, 3.63) is 47.2 Å². The van der Waals surface area contributed by atoms with Gasteiger partial charge in [-0.15, -0.1) is 20.3 Å². The number of nitrogens with one attached hydrogen (secondary N) is 3. The average Bonchev–Trinajstić information content (AvgIpc) is 3.80. The topological polar surface area (TPSA) is 268 Å². The lowest BCUT2D eigenvalue weighted by atomic mass is 9.84. The van der Waals surface area contributed by atoms with Crippen molar-refractivity contribution in [2.75, 3.05) is 11.9 Å². The molecule has 0 aliphatic carbocycles. The highest BCUT2D eigenvalue weighted by atomic mass is 32.3. The first-order valence-electron chi connectivity index (χ1n) is 21.3. The van der Waals surface area contributed by atoms with Gasteiger partial charge >= 0.3 is 28.6 Å². The van der Waals surface area contributed by atoms with Gasteiger partial charge in [-0.05, 0) is 126 Å². The molecule has 4 N–H and O–H groups in total. The predicted molar refractivity (Wildman–Crippen MR) is 242 cm³/mol. The number of amides is 4. The number of esters is 1. The molecule has 2 aliphatic rings. The lowest BCUT2D eigenvalue weighted by Gasteiger charge is -2.50. The highest BCUT2D eigenvalue weighted by molar-refractivity contribution is 7.80. The van der Waals surface area contributed by atoms with Gasteiger partial charge in [0.15, 0.2) is 24.0 Å². The predicted octanol–water partition coefficient (Wildman–Crippen LogP) is 4.75. The molecule has 0 bridgehead atoms. The number of hydrogen-bond donors (Lipinski definition) is 4. The summed E-state index contributed by atoms with van der Waals surface area (Å²) in [5.74, 6) is -2.48. The molecule has 0 unspecified atom stereocenters. The third-order valence-corrected chi connectivity index (χ3v) is 11.1. The van der Waals surface area contributed by atoms with Crippen molar-refractivity contribution < 1.29 is 69.7 Å². The number of thiazole rings is 1. The Hall–Kier alpha value is -5.85. The molecule has 3 atom stereocenters. The molecule has 3 aromatic rings. The van der Waals surface area contributed by atoms with Crippen LogP contribution in [0.3, 0.4) is 0 Å². The van der Waals surface area contributed by atoms with E-state index in [4.69, 9.17) is 23.8 Å². The number of benzene rings is 1. The molecule has 368 valence electrons. The highest BCUT2D eigenvalue weighted by Gasteiger charge is 2.58. The summed E-state index contributed by atoms with van der Waals surface area (Å²) in [4.78, 5) is 76.4. The molecule has 5 rings (SSSR count). The molecule has 0 saturated carbocycles. The first kappa shape index (κ1) is 52.1. The molecule has 1 fully saturated rings. The molecular formula is C43H61N8O14S2+. The quantitative estimate of drug-likeness (QED) is 0.0234. The largest absolute Gasteiger partial charge is 0.485 e. The molecule has 2 aliphatic heterocycles. The third-order valence-electron chi connectivity index (χ3n) is 10.0. The van der Waals surface area contributed by atoms with Gasteiger partial charge in [0.2, 0.25) is 6.20 Å². The number of anilines is 1. The van der Waals surface area contributed by atoms with E-state index in [1.54, 1.807) is 68.4 Å². The molecule has 4 heterocycles. The Bertz CT molecular complexity index is 2520. The normalized spacial score (nSPS) is 18.3. The smallest absolute Gasteiger partial charge is 0.418 e. The number of oxime groups is 1. The van der Waals surface area contributed by atoms with Gasteiger partial charge in [0.05, 0.1) is 23.8 Å². The molecule has 1 aromatic carbocycles. The summed E-state index contributed by atoms with van der Waals surface area (Å²) < 4.78 is 63.4. The van der Waals surface area contributed by atoms with Crippen LogP contribution in [-0.4, -0.2) is 110 Å². The van der Waals surface area contributed by atoms with Gasteiger partial charge in [0, 0.05) is 11.9 Å². The first-order chi connectivity index (χ1) is 30.7. The summed E-state index contributed by atoms with van der Waals surface area (Å²) in [6, 6.07) is 4.27. The van der Waals surface area contributed by atoms with E-state index in [-0.39, 0.29) is 17.2 Å². The molecular weight excluding hydrogens is 917 g/mol. The molecule has 0 spiro atoms. The second kappa shape index (κ2) is 19.4. The van der Waals surface area contributed by atoms with Crippen LogP contribution in [0.15, 0.2) is 41.1 Å². The Morgan fingerprint density at radius 1 is 0.985 bits per heavy atom.